The molecule has 2 aliphatic heterocycles. The molecule has 0 spiro atoms. The van der Waals surface area contributed by atoms with E-state index >= 15 is 0 Å². The van der Waals surface area contributed by atoms with Crippen molar-refractivity contribution in [1.29, 1.82) is 0 Å². The second-order valence-electron chi connectivity index (χ2n) is 3.13. The number of amidine groups is 1. The van der Waals surface area contributed by atoms with Crippen LogP contribution >= 0.6 is 0 Å². The molecule has 2 heterocycles. The number of hydroxylamine groups is 2. The molecule has 0 bridgehead atoms. The summed E-state index contributed by atoms with van der Waals surface area (Å²) in [5, 5.41) is 11.3. The van der Waals surface area contributed by atoms with Crippen LogP contribution in [-0.2, 0) is 0 Å². The SMILES string of the molecule is C[NH+]([O-])C1=CCCC2=NCCN12. The van der Waals surface area contributed by atoms with E-state index in [1.807, 2.05) is 11.0 Å². The largest absolute Gasteiger partial charge is 0.628 e. The molecule has 1 unspecified atom stereocenters. The predicted octanol–water partition coefficient (Wildman–Crippen LogP) is -0.652. The van der Waals surface area contributed by atoms with E-state index in [-0.39, 0.29) is 5.06 Å². The van der Waals surface area contributed by atoms with Crippen LogP contribution in [-0.4, -0.2) is 30.9 Å². The van der Waals surface area contributed by atoms with E-state index in [0.717, 1.165) is 37.6 Å². The van der Waals surface area contributed by atoms with E-state index in [9.17, 15) is 5.21 Å². The maximum atomic E-state index is 11.2. The molecule has 0 fully saturated rings. The molecule has 0 aromatic rings. The molecule has 0 aliphatic carbocycles. The fourth-order valence-electron chi connectivity index (χ4n) is 1.75. The highest BCUT2D eigenvalue weighted by Gasteiger charge is 2.26. The number of hydrogen-bond acceptors (Lipinski definition) is 3. The van der Waals surface area contributed by atoms with Gasteiger partial charge in [-0.15, -0.1) is 0 Å². The Hall–Kier alpha value is -0.870. The minimum absolute atomic E-state index is 0.157. The molecule has 2 aliphatic rings. The van der Waals surface area contributed by atoms with Crippen LogP contribution in [0.2, 0.25) is 0 Å². The summed E-state index contributed by atoms with van der Waals surface area (Å²) in [5.74, 6) is 1.94. The summed E-state index contributed by atoms with van der Waals surface area (Å²) in [5.41, 5.74) is 0. The summed E-state index contributed by atoms with van der Waals surface area (Å²) in [4.78, 5) is 6.39. The van der Waals surface area contributed by atoms with Crippen LogP contribution in [0.25, 0.3) is 0 Å². The van der Waals surface area contributed by atoms with Crippen molar-refractivity contribution >= 4 is 5.84 Å². The van der Waals surface area contributed by atoms with Crippen LogP contribution in [0.4, 0.5) is 0 Å². The minimum Gasteiger partial charge on any atom is -0.628 e. The molecule has 4 heteroatoms. The molecule has 0 radical (unpaired) electrons. The maximum Gasteiger partial charge on any atom is 0.203 e. The fourth-order valence-corrected chi connectivity index (χ4v) is 1.75. The van der Waals surface area contributed by atoms with Gasteiger partial charge in [0, 0.05) is 13.0 Å². The Bertz CT molecular complexity index is 245. The van der Waals surface area contributed by atoms with Gasteiger partial charge in [0.25, 0.3) is 0 Å². The van der Waals surface area contributed by atoms with Crippen LogP contribution in [0.1, 0.15) is 12.8 Å². The highest BCUT2D eigenvalue weighted by molar-refractivity contribution is 5.86. The van der Waals surface area contributed by atoms with Crippen LogP contribution < -0.4 is 5.06 Å². The number of hydrogen-bond donors (Lipinski definition) is 1. The lowest BCUT2D eigenvalue weighted by molar-refractivity contribution is -0.792. The number of fused-ring (bicyclic) bond motifs is 1. The highest BCUT2D eigenvalue weighted by atomic mass is 16.5. The number of nitrogens with one attached hydrogen (secondary N) is 1. The lowest BCUT2D eigenvalue weighted by Crippen LogP contribution is -3.03. The van der Waals surface area contributed by atoms with Crippen LogP contribution in [0, 0.1) is 5.21 Å². The third kappa shape index (κ3) is 1.13. The van der Waals surface area contributed by atoms with Crippen molar-refractivity contribution in [3.63, 3.8) is 0 Å². The molecule has 2 rings (SSSR count). The van der Waals surface area contributed by atoms with Crippen LogP contribution in [0.5, 0.6) is 0 Å². The molecule has 0 saturated heterocycles. The molecular weight excluding hydrogens is 154 g/mol. The van der Waals surface area contributed by atoms with Crippen molar-refractivity contribution in [1.82, 2.24) is 4.90 Å². The highest BCUT2D eigenvalue weighted by Crippen LogP contribution is 2.16. The van der Waals surface area contributed by atoms with E-state index < -0.39 is 0 Å². The van der Waals surface area contributed by atoms with Gasteiger partial charge in [-0.25, -0.2) is 0 Å². The van der Waals surface area contributed by atoms with Crippen molar-refractivity contribution in [3.8, 4) is 0 Å². The van der Waals surface area contributed by atoms with Crippen LogP contribution in [0.15, 0.2) is 16.9 Å². The summed E-state index contributed by atoms with van der Waals surface area (Å²) in [6.07, 6.45) is 3.98. The van der Waals surface area contributed by atoms with Gasteiger partial charge in [-0.3, -0.25) is 9.89 Å². The van der Waals surface area contributed by atoms with Crippen molar-refractivity contribution in [2.75, 3.05) is 20.1 Å². The molecule has 1 atom stereocenters. The lowest BCUT2D eigenvalue weighted by atomic mass is 10.2. The number of quaternary nitrogens is 1. The summed E-state index contributed by atoms with van der Waals surface area (Å²) in [6.45, 7) is 1.74. The van der Waals surface area contributed by atoms with Gasteiger partial charge in [-0.05, 0) is 12.5 Å². The first-order chi connectivity index (χ1) is 5.79. The third-order valence-corrected chi connectivity index (χ3v) is 2.29. The van der Waals surface area contributed by atoms with Crippen LogP contribution in [0.3, 0.4) is 0 Å². The van der Waals surface area contributed by atoms with Crippen molar-refractivity contribution < 1.29 is 5.06 Å². The van der Waals surface area contributed by atoms with Gasteiger partial charge in [-0.1, -0.05) is 0 Å². The van der Waals surface area contributed by atoms with Gasteiger partial charge in [0.15, 0.2) is 0 Å². The van der Waals surface area contributed by atoms with Crippen molar-refractivity contribution in [3.05, 3.63) is 17.1 Å². The first-order valence-electron chi connectivity index (χ1n) is 4.31. The second-order valence-corrected chi connectivity index (χ2v) is 3.13. The fraction of sp³-hybridized carbons (Fsp3) is 0.625. The van der Waals surface area contributed by atoms with E-state index in [4.69, 9.17) is 0 Å². The molecule has 4 nitrogen and oxygen atoms in total. The Morgan fingerprint density at radius 2 is 2.50 bits per heavy atom. The number of nitrogens with zero attached hydrogens (tertiary/aromatic N) is 2. The number of aliphatic imine (C=N–C) groups is 1. The quantitative estimate of drug-likeness (QED) is 0.527. The Labute approximate surface area is 71.8 Å². The summed E-state index contributed by atoms with van der Waals surface area (Å²) in [6, 6.07) is 0. The zero-order valence-electron chi connectivity index (χ0n) is 7.21. The second kappa shape index (κ2) is 2.88. The predicted molar refractivity (Wildman–Crippen MR) is 46.6 cm³/mol. The van der Waals surface area contributed by atoms with Gasteiger partial charge < -0.3 is 10.3 Å². The standard InChI is InChI=1S/C8H13N3O/c1-10(12)8-4-2-3-7-9-5-6-11(7)8/h4,10H,2-3,5-6H2,1H3. The molecule has 12 heavy (non-hydrogen) atoms. The Morgan fingerprint density at radius 3 is 3.25 bits per heavy atom. The van der Waals surface area contributed by atoms with Crippen molar-refractivity contribution in [2.24, 2.45) is 4.99 Å². The van der Waals surface area contributed by atoms with E-state index in [1.54, 1.807) is 7.05 Å². The zero-order valence-corrected chi connectivity index (χ0v) is 7.21. The molecule has 0 aromatic carbocycles. The molecule has 1 N–H and O–H groups in total. The number of allylic oxidation sites excluding steroid dienone is 1. The molecule has 0 aromatic heterocycles. The minimum atomic E-state index is 0.157. The summed E-state index contributed by atoms with van der Waals surface area (Å²) >= 11 is 0. The average molecular weight is 167 g/mol. The maximum absolute atomic E-state index is 11.2. The van der Waals surface area contributed by atoms with Gasteiger partial charge in [0.05, 0.1) is 13.6 Å². The summed E-state index contributed by atoms with van der Waals surface area (Å²) < 4.78 is 0. The zero-order chi connectivity index (χ0) is 8.55. The van der Waals surface area contributed by atoms with Gasteiger partial charge in [0.1, 0.15) is 5.84 Å². The van der Waals surface area contributed by atoms with Gasteiger partial charge >= 0.3 is 0 Å². The van der Waals surface area contributed by atoms with E-state index in [1.165, 1.54) is 0 Å². The molecule has 66 valence electrons. The van der Waals surface area contributed by atoms with Gasteiger partial charge in [0.2, 0.25) is 5.82 Å². The van der Waals surface area contributed by atoms with Gasteiger partial charge in [-0.2, -0.15) is 0 Å². The van der Waals surface area contributed by atoms with E-state index in [2.05, 4.69) is 4.99 Å². The molecule has 0 amide bonds. The molecule has 0 saturated carbocycles. The topological polar surface area (TPSA) is 43.1 Å². The summed E-state index contributed by atoms with van der Waals surface area (Å²) in [7, 11) is 1.62. The average Bonchev–Trinajstić information content (AvgIpc) is 2.49. The Kier molecular flexibility index (Phi) is 1.86. The normalized spacial score (nSPS) is 24.7. The molecular formula is C8H13N3O. The van der Waals surface area contributed by atoms with Crippen molar-refractivity contribution in [2.45, 2.75) is 12.8 Å². The first-order valence-corrected chi connectivity index (χ1v) is 4.31. The Morgan fingerprint density at radius 1 is 1.67 bits per heavy atom. The smallest absolute Gasteiger partial charge is 0.203 e. The third-order valence-electron chi connectivity index (χ3n) is 2.29. The first kappa shape index (κ1) is 7.76. The lowest BCUT2D eigenvalue weighted by Gasteiger charge is -2.30. The Balaban J connectivity index is 2.23. The number of rotatable bonds is 1. The van der Waals surface area contributed by atoms with E-state index in [0.29, 0.717) is 0 Å². The monoisotopic (exact) mass is 167 g/mol.